The zero-order valence-electron chi connectivity index (χ0n) is 16.0. The fraction of sp³-hybridized carbons (Fsp3) is 0.400. The van der Waals surface area contributed by atoms with Gasteiger partial charge in [-0.25, -0.2) is 8.42 Å². The second kappa shape index (κ2) is 6.71. The van der Waals surface area contributed by atoms with Gasteiger partial charge in [-0.3, -0.25) is 4.72 Å². The molecule has 136 valence electrons. The summed E-state index contributed by atoms with van der Waals surface area (Å²) in [5.74, 6) is 0.698. The van der Waals surface area contributed by atoms with Gasteiger partial charge >= 0.3 is 0 Å². The fourth-order valence-corrected chi connectivity index (χ4v) is 4.48. The second-order valence-corrected chi connectivity index (χ2v) is 9.03. The van der Waals surface area contributed by atoms with Crippen molar-refractivity contribution in [3.05, 3.63) is 52.6 Å². The van der Waals surface area contributed by atoms with Gasteiger partial charge < -0.3 is 4.74 Å². The number of aryl methyl sites for hydroxylation is 1. The number of sulfonamides is 1. The number of benzene rings is 2. The van der Waals surface area contributed by atoms with Crippen LogP contribution in [0.4, 0.5) is 5.69 Å². The highest BCUT2D eigenvalue weighted by molar-refractivity contribution is 7.92. The molecule has 0 aliphatic carbocycles. The van der Waals surface area contributed by atoms with E-state index in [1.165, 1.54) is 0 Å². The normalized spacial score (nSPS) is 12.1. The second-order valence-electron chi connectivity index (χ2n) is 7.41. The molecule has 25 heavy (non-hydrogen) atoms. The standard InChI is InChI=1S/C20H27NO3S/c1-13-12-18(24-7)14(2)15(3)19(13)25(22,23)21-17-10-8-16(9-11-17)20(4,5)6/h8-12,21H,1-7H3. The fourth-order valence-electron chi connectivity index (χ4n) is 2.89. The quantitative estimate of drug-likeness (QED) is 0.857. The van der Waals surface area contributed by atoms with E-state index in [1.807, 2.05) is 26.0 Å². The zero-order valence-corrected chi connectivity index (χ0v) is 16.8. The van der Waals surface area contributed by atoms with E-state index in [9.17, 15) is 8.42 Å². The topological polar surface area (TPSA) is 55.4 Å². The average Bonchev–Trinajstić information content (AvgIpc) is 2.49. The minimum atomic E-state index is -3.68. The summed E-state index contributed by atoms with van der Waals surface area (Å²) in [6.07, 6.45) is 0. The number of hydrogen-bond acceptors (Lipinski definition) is 3. The van der Waals surface area contributed by atoms with E-state index in [1.54, 1.807) is 32.2 Å². The first kappa shape index (κ1) is 19.3. The van der Waals surface area contributed by atoms with Crippen molar-refractivity contribution in [2.75, 3.05) is 11.8 Å². The molecule has 5 heteroatoms. The minimum absolute atomic E-state index is 0.0255. The van der Waals surface area contributed by atoms with Crippen LogP contribution in [0.1, 0.15) is 43.0 Å². The Balaban J connectivity index is 2.42. The Hall–Kier alpha value is -2.01. The Labute approximate surface area is 151 Å². The molecule has 0 unspecified atom stereocenters. The molecular formula is C20H27NO3S. The maximum atomic E-state index is 12.9. The summed E-state index contributed by atoms with van der Waals surface area (Å²) in [5.41, 5.74) is 3.94. The first-order valence-corrected chi connectivity index (χ1v) is 9.74. The number of ether oxygens (including phenoxy) is 1. The van der Waals surface area contributed by atoms with Gasteiger partial charge in [-0.2, -0.15) is 0 Å². The van der Waals surface area contributed by atoms with Crippen LogP contribution < -0.4 is 9.46 Å². The van der Waals surface area contributed by atoms with Crippen molar-refractivity contribution in [3.63, 3.8) is 0 Å². The summed E-state index contributed by atoms with van der Waals surface area (Å²) < 4.78 is 33.9. The number of nitrogens with one attached hydrogen (secondary N) is 1. The number of hydrogen-bond donors (Lipinski definition) is 1. The van der Waals surface area contributed by atoms with E-state index in [0.717, 1.165) is 11.1 Å². The van der Waals surface area contributed by atoms with Gasteiger partial charge in [0.25, 0.3) is 10.0 Å². The lowest BCUT2D eigenvalue weighted by molar-refractivity contribution is 0.410. The summed E-state index contributed by atoms with van der Waals surface area (Å²) in [6, 6.07) is 9.28. The summed E-state index contributed by atoms with van der Waals surface area (Å²) in [4.78, 5) is 0.311. The molecule has 1 N–H and O–H groups in total. The number of rotatable bonds is 4. The van der Waals surface area contributed by atoms with Gasteiger partial charge in [-0.1, -0.05) is 32.9 Å². The van der Waals surface area contributed by atoms with Gasteiger partial charge in [0.15, 0.2) is 0 Å². The monoisotopic (exact) mass is 361 g/mol. The van der Waals surface area contributed by atoms with E-state index in [-0.39, 0.29) is 5.41 Å². The van der Waals surface area contributed by atoms with Crippen LogP contribution in [-0.4, -0.2) is 15.5 Å². The maximum Gasteiger partial charge on any atom is 0.262 e. The van der Waals surface area contributed by atoms with E-state index in [0.29, 0.717) is 27.5 Å². The third-order valence-electron chi connectivity index (χ3n) is 4.47. The molecule has 0 spiro atoms. The Morgan fingerprint density at radius 3 is 2.00 bits per heavy atom. The summed E-state index contributed by atoms with van der Waals surface area (Å²) in [6.45, 7) is 11.8. The Morgan fingerprint density at radius 1 is 0.960 bits per heavy atom. The van der Waals surface area contributed by atoms with Gasteiger partial charge in [0.1, 0.15) is 5.75 Å². The van der Waals surface area contributed by atoms with Crippen LogP contribution in [0.2, 0.25) is 0 Å². The van der Waals surface area contributed by atoms with Crippen LogP contribution in [0.5, 0.6) is 5.75 Å². The molecule has 0 fully saturated rings. The molecule has 0 heterocycles. The van der Waals surface area contributed by atoms with Crippen molar-refractivity contribution in [2.45, 2.75) is 51.9 Å². The molecule has 2 aromatic carbocycles. The first-order valence-electron chi connectivity index (χ1n) is 8.25. The van der Waals surface area contributed by atoms with E-state index < -0.39 is 10.0 Å². The van der Waals surface area contributed by atoms with Crippen molar-refractivity contribution in [1.29, 1.82) is 0 Å². The van der Waals surface area contributed by atoms with Crippen molar-refractivity contribution >= 4 is 15.7 Å². The van der Waals surface area contributed by atoms with Crippen molar-refractivity contribution in [2.24, 2.45) is 0 Å². The van der Waals surface area contributed by atoms with Gasteiger partial charge in [0.05, 0.1) is 12.0 Å². The molecule has 0 aliphatic rings. The summed E-state index contributed by atoms with van der Waals surface area (Å²) >= 11 is 0. The molecule has 0 amide bonds. The Morgan fingerprint density at radius 2 is 1.52 bits per heavy atom. The third kappa shape index (κ3) is 3.98. The van der Waals surface area contributed by atoms with Crippen LogP contribution in [-0.2, 0) is 15.4 Å². The smallest absolute Gasteiger partial charge is 0.262 e. The minimum Gasteiger partial charge on any atom is -0.496 e. The molecular weight excluding hydrogens is 334 g/mol. The summed E-state index contributed by atoms with van der Waals surface area (Å²) in [7, 11) is -2.09. The molecule has 0 bridgehead atoms. The number of methoxy groups -OCH3 is 1. The van der Waals surface area contributed by atoms with Crippen LogP contribution in [0.25, 0.3) is 0 Å². The highest BCUT2D eigenvalue weighted by Gasteiger charge is 2.23. The highest BCUT2D eigenvalue weighted by Crippen LogP contribution is 2.32. The molecule has 0 aromatic heterocycles. The van der Waals surface area contributed by atoms with E-state index >= 15 is 0 Å². The predicted octanol–water partition coefficient (Wildman–Crippen LogP) is 4.72. The van der Waals surface area contributed by atoms with Crippen LogP contribution >= 0.6 is 0 Å². The molecule has 0 saturated heterocycles. The lowest BCUT2D eigenvalue weighted by Crippen LogP contribution is -2.17. The lowest BCUT2D eigenvalue weighted by Gasteiger charge is -2.20. The Bertz CT molecular complexity index is 877. The number of anilines is 1. The first-order chi connectivity index (χ1) is 11.5. The third-order valence-corrected chi connectivity index (χ3v) is 6.14. The van der Waals surface area contributed by atoms with E-state index in [4.69, 9.17) is 4.74 Å². The van der Waals surface area contributed by atoms with Crippen molar-refractivity contribution in [1.82, 2.24) is 0 Å². The molecule has 4 nitrogen and oxygen atoms in total. The molecule has 0 aliphatic heterocycles. The SMILES string of the molecule is COc1cc(C)c(S(=O)(=O)Nc2ccc(C(C)(C)C)cc2)c(C)c1C. The van der Waals surface area contributed by atoms with E-state index in [2.05, 4.69) is 25.5 Å². The molecule has 0 saturated carbocycles. The van der Waals surface area contributed by atoms with Crippen LogP contribution in [0.3, 0.4) is 0 Å². The van der Waals surface area contributed by atoms with Gasteiger partial charge in [-0.05, 0) is 66.6 Å². The van der Waals surface area contributed by atoms with Crippen molar-refractivity contribution < 1.29 is 13.2 Å². The average molecular weight is 362 g/mol. The Kier molecular flexibility index (Phi) is 5.19. The highest BCUT2D eigenvalue weighted by atomic mass is 32.2. The van der Waals surface area contributed by atoms with Gasteiger partial charge in [0, 0.05) is 5.69 Å². The molecule has 2 aromatic rings. The predicted molar refractivity (Wildman–Crippen MR) is 103 cm³/mol. The maximum absolute atomic E-state index is 12.9. The van der Waals surface area contributed by atoms with Crippen LogP contribution in [0, 0.1) is 20.8 Å². The van der Waals surface area contributed by atoms with Gasteiger partial charge in [-0.15, -0.1) is 0 Å². The molecule has 2 rings (SSSR count). The van der Waals surface area contributed by atoms with Crippen molar-refractivity contribution in [3.8, 4) is 5.75 Å². The largest absolute Gasteiger partial charge is 0.496 e. The summed E-state index contributed by atoms with van der Waals surface area (Å²) in [5, 5.41) is 0. The van der Waals surface area contributed by atoms with Crippen LogP contribution in [0.15, 0.2) is 35.2 Å². The van der Waals surface area contributed by atoms with Gasteiger partial charge in [0.2, 0.25) is 0 Å². The zero-order chi connectivity index (χ0) is 19.0. The lowest BCUT2D eigenvalue weighted by atomic mass is 9.87. The molecule has 0 atom stereocenters. The molecule has 0 radical (unpaired) electrons.